The van der Waals surface area contributed by atoms with Crippen molar-refractivity contribution in [2.75, 3.05) is 0 Å². The first-order chi connectivity index (χ1) is 12.0. The van der Waals surface area contributed by atoms with Crippen LogP contribution in [-0.2, 0) is 10.3 Å². The average Bonchev–Trinajstić information content (AvgIpc) is 2.53. The summed E-state index contributed by atoms with van der Waals surface area (Å²) in [6.07, 6.45) is 0. The minimum absolute atomic E-state index is 0.0753. The molecule has 1 unspecified atom stereocenters. The number of esters is 1. The lowest BCUT2D eigenvalue weighted by Gasteiger charge is -2.42. The molecule has 0 bridgehead atoms. The number of rotatable bonds is 4. The van der Waals surface area contributed by atoms with Crippen LogP contribution in [0.3, 0.4) is 0 Å². The summed E-state index contributed by atoms with van der Waals surface area (Å²) < 4.78 is 5.94. The van der Waals surface area contributed by atoms with Gasteiger partial charge in [-0.25, -0.2) is 4.79 Å². The van der Waals surface area contributed by atoms with E-state index in [1.54, 1.807) is 6.07 Å². The van der Waals surface area contributed by atoms with Crippen molar-refractivity contribution < 1.29 is 14.5 Å². The molecule has 0 aliphatic carbocycles. The topological polar surface area (TPSA) is 69.4 Å². The molecule has 0 heterocycles. The third-order valence-electron chi connectivity index (χ3n) is 4.74. The maximum atomic E-state index is 12.7. The van der Waals surface area contributed by atoms with E-state index in [1.165, 1.54) is 24.3 Å². The Morgan fingerprint density at radius 1 is 1.08 bits per heavy atom. The Morgan fingerprint density at radius 2 is 1.65 bits per heavy atom. The van der Waals surface area contributed by atoms with Crippen LogP contribution in [0.15, 0.2) is 42.5 Å². The predicted octanol–water partition coefficient (Wildman–Crippen LogP) is 5.67. The second-order valence-corrected chi connectivity index (χ2v) is 7.87. The Kier molecular flexibility index (Phi) is 5.42. The lowest BCUT2D eigenvalue weighted by molar-refractivity contribution is -0.384. The van der Waals surface area contributed by atoms with Gasteiger partial charge in [0, 0.05) is 22.6 Å². The van der Waals surface area contributed by atoms with Crippen LogP contribution in [0.2, 0.25) is 5.02 Å². The van der Waals surface area contributed by atoms with Gasteiger partial charge in [-0.15, -0.1) is 0 Å². The molecule has 138 valence electrons. The number of benzene rings is 2. The number of hydrogen-bond acceptors (Lipinski definition) is 4. The highest BCUT2D eigenvalue weighted by atomic mass is 35.5. The molecule has 0 amide bonds. The SMILES string of the molecule is Cc1cc(Cl)ccc1C(C)(OC(=O)c1ccc([N+](=O)[O-])cc1)C(C)(C)C. The van der Waals surface area contributed by atoms with Crippen LogP contribution in [0.25, 0.3) is 0 Å². The molecule has 0 fully saturated rings. The summed E-state index contributed by atoms with van der Waals surface area (Å²) in [4.78, 5) is 23.0. The van der Waals surface area contributed by atoms with E-state index in [-0.39, 0.29) is 11.3 Å². The molecular formula is C20H22ClNO4. The van der Waals surface area contributed by atoms with Crippen molar-refractivity contribution in [1.82, 2.24) is 0 Å². The fourth-order valence-electron chi connectivity index (χ4n) is 2.74. The van der Waals surface area contributed by atoms with Gasteiger partial charge in [-0.2, -0.15) is 0 Å². The molecule has 0 aliphatic rings. The van der Waals surface area contributed by atoms with Gasteiger partial charge in [0.15, 0.2) is 0 Å². The summed E-state index contributed by atoms with van der Waals surface area (Å²) in [6, 6.07) is 10.9. The maximum absolute atomic E-state index is 12.7. The minimum Gasteiger partial charge on any atom is -0.450 e. The number of non-ortho nitro benzene ring substituents is 1. The Balaban J connectivity index is 2.42. The minimum atomic E-state index is -0.916. The Labute approximate surface area is 158 Å². The number of hydrogen-bond donors (Lipinski definition) is 0. The molecule has 0 saturated carbocycles. The number of carbonyl (C=O) groups is 1. The van der Waals surface area contributed by atoms with Crippen molar-refractivity contribution in [3.05, 3.63) is 74.3 Å². The molecule has 0 saturated heterocycles. The van der Waals surface area contributed by atoms with E-state index in [2.05, 4.69) is 0 Å². The van der Waals surface area contributed by atoms with Gasteiger partial charge < -0.3 is 4.74 Å². The highest BCUT2D eigenvalue weighted by Gasteiger charge is 2.44. The van der Waals surface area contributed by atoms with E-state index in [1.807, 2.05) is 46.8 Å². The van der Waals surface area contributed by atoms with Gasteiger partial charge in [0.2, 0.25) is 0 Å². The average molecular weight is 376 g/mol. The third kappa shape index (κ3) is 3.88. The molecular weight excluding hydrogens is 354 g/mol. The van der Waals surface area contributed by atoms with Gasteiger partial charge in [-0.05, 0) is 49.2 Å². The third-order valence-corrected chi connectivity index (χ3v) is 4.98. The number of ether oxygens (including phenoxy) is 1. The molecule has 5 nitrogen and oxygen atoms in total. The van der Waals surface area contributed by atoms with Crippen LogP contribution in [0.1, 0.15) is 49.2 Å². The van der Waals surface area contributed by atoms with Crippen LogP contribution in [0, 0.1) is 22.5 Å². The molecule has 0 aliphatic heterocycles. The molecule has 26 heavy (non-hydrogen) atoms. The summed E-state index contributed by atoms with van der Waals surface area (Å²) in [5.41, 5.74) is 0.658. The van der Waals surface area contributed by atoms with Crippen molar-refractivity contribution in [3.63, 3.8) is 0 Å². The zero-order valence-corrected chi connectivity index (χ0v) is 16.3. The molecule has 6 heteroatoms. The van der Waals surface area contributed by atoms with E-state index in [0.717, 1.165) is 11.1 Å². The zero-order valence-electron chi connectivity index (χ0n) is 15.5. The van der Waals surface area contributed by atoms with Gasteiger partial charge in [0.05, 0.1) is 10.5 Å². The first-order valence-electron chi connectivity index (χ1n) is 8.20. The number of aryl methyl sites for hydroxylation is 1. The fraction of sp³-hybridized carbons (Fsp3) is 0.350. The lowest BCUT2D eigenvalue weighted by atomic mass is 9.72. The van der Waals surface area contributed by atoms with Crippen LogP contribution < -0.4 is 0 Å². The molecule has 2 aromatic rings. The van der Waals surface area contributed by atoms with Crippen molar-refractivity contribution in [2.45, 2.75) is 40.2 Å². The number of nitrogens with zero attached hydrogens (tertiary/aromatic N) is 1. The van der Waals surface area contributed by atoms with Gasteiger partial charge in [-0.3, -0.25) is 10.1 Å². The molecule has 0 N–H and O–H groups in total. The van der Waals surface area contributed by atoms with Crippen LogP contribution >= 0.6 is 11.6 Å². The largest absolute Gasteiger partial charge is 0.450 e. The van der Waals surface area contributed by atoms with Gasteiger partial charge in [0.25, 0.3) is 5.69 Å². The number of carbonyl (C=O) groups excluding carboxylic acids is 1. The lowest BCUT2D eigenvalue weighted by Crippen LogP contribution is -2.42. The van der Waals surface area contributed by atoms with Crippen LogP contribution in [0.5, 0.6) is 0 Å². The van der Waals surface area contributed by atoms with Crippen molar-refractivity contribution in [1.29, 1.82) is 0 Å². The number of halogens is 1. The number of nitro groups is 1. The van der Waals surface area contributed by atoms with E-state index in [4.69, 9.17) is 16.3 Å². The van der Waals surface area contributed by atoms with Crippen LogP contribution in [-0.4, -0.2) is 10.9 Å². The Hall–Kier alpha value is -2.40. The fourth-order valence-corrected chi connectivity index (χ4v) is 2.96. The summed E-state index contributed by atoms with van der Waals surface area (Å²) in [5.74, 6) is -0.535. The van der Waals surface area contributed by atoms with Crippen molar-refractivity contribution >= 4 is 23.3 Å². The van der Waals surface area contributed by atoms with Gasteiger partial charge >= 0.3 is 5.97 Å². The molecule has 1 atom stereocenters. The predicted molar refractivity (Wildman–Crippen MR) is 102 cm³/mol. The molecule has 2 rings (SSSR count). The van der Waals surface area contributed by atoms with E-state index in [9.17, 15) is 14.9 Å². The molecule has 0 aromatic heterocycles. The quantitative estimate of drug-likeness (QED) is 0.392. The monoisotopic (exact) mass is 375 g/mol. The summed E-state index contributed by atoms with van der Waals surface area (Å²) >= 11 is 6.06. The van der Waals surface area contributed by atoms with E-state index in [0.29, 0.717) is 5.02 Å². The molecule has 0 radical (unpaired) electrons. The zero-order chi connectivity index (χ0) is 19.7. The summed E-state index contributed by atoms with van der Waals surface area (Å²) in [5, 5.41) is 11.4. The maximum Gasteiger partial charge on any atom is 0.339 e. The first-order valence-corrected chi connectivity index (χ1v) is 8.58. The highest BCUT2D eigenvalue weighted by Crippen LogP contribution is 2.44. The standard InChI is InChI=1S/C20H22ClNO4/c1-13-12-15(21)8-11-17(13)20(5,19(2,3)4)26-18(23)14-6-9-16(10-7-14)22(24)25/h6-12H,1-5H3. The second-order valence-electron chi connectivity index (χ2n) is 7.44. The van der Waals surface area contributed by atoms with Gasteiger partial charge in [-0.1, -0.05) is 38.4 Å². The first kappa shape index (κ1) is 19.9. The van der Waals surface area contributed by atoms with E-state index >= 15 is 0 Å². The summed E-state index contributed by atoms with van der Waals surface area (Å²) in [6.45, 7) is 9.76. The second kappa shape index (κ2) is 7.08. The summed E-state index contributed by atoms with van der Waals surface area (Å²) in [7, 11) is 0. The van der Waals surface area contributed by atoms with E-state index < -0.39 is 21.9 Å². The Morgan fingerprint density at radius 3 is 2.12 bits per heavy atom. The number of nitro benzene ring substituents is 1. The van der Waals surface area contributed by atoms with Crippen LogP contribution in [0.4, 0.5) is 5.69 Å². The molecule has 2 aromatic carbocycles. The highest BCUT2D eigenvalue weighted by molar-refractivity contribution is 6.30. The van der Waals surface area contributed by atoms with Crippen molar-refractivity contribution in [3.8, 4) is 0 Å². The van der Waals surface area contributed by atoms with Crippen molar-refractivity contribution in [2.24, 2.45) is 5.41 Å². The van der Waals surface area contributed by atoms with Gasteiger partial charge in [0.1, 0.15) is 5.60 Å². The Bertz CT molecular complexity index is 840. The smallest absolute Gasteiger partial charge is 0.339 e. The molecule has 0 spiro atoms. The normalized spacial score (nSPS) is 13.8.